The number of nitro groups is 1. The van der Waals surface area contributed by atoms with Gasteiger partial charge in [0.2, 0.25) is 0 Å². The van der Waals surface area contributed by atoms with Crippen LogP contribution in [0.4, 0.5) is 17.2 Å². The molecule has 0 amide bonds. The Morgan fingerprint density at radius 3 is 2.90 bits per heavy atom. The third kappa shape index (κ3) is 3.58. The molecule has 0 aliphatic carbocycles. The van der Waals surface area contributed by atoms with E-state index in [1.807, 2.05) is 19.1 Å². The molecule has 1 N–H and O–H groups in total. The van der Waals surface area contributed by atoms with E-state index in [9.17, 15) is 10.1 Å². The molecule has 20 heavy (non-hydrogen) atoms. The summed E-state index contributed by atoms with van der Waals surface area (Å²) in [7, 11) is 0. The maximum Gasteiger partial charge on any atom is 0.276 e. The molecule has 1 aromatic heterocycles. The smallest absolute Gasteiger partial charge is 0.276 e. The van der Waals surface area contributed by atoms with Gasteiger partial charge in [-0.1, -0.05) is 17.7 Å². The number of aromatic nitrogens is 1. The van der Waals surface area contributed by atoms with Crippen molar-refractivity contribution in [3.8, 4) is 5.75 Å². The Kier molecular flexibility index (Phi) is 4.37. The van der Waals surface area contributed by atoms with Gasteiger partial charge < -0.3 is 10.1 Å². The summed E-state index contributed by atoms with van der Waals surface area (Å²) in [5.41, 5.74) is 0.591. The Morgan fingerprint density at radius 1 is 1.40 bits per heavy atom. The highest BCUT2D eigenvalue weighted by Gasteiger charge is 2.10. The van der Waals surface area contributed by atoms with Crippen LogP contribution in [0.15, 0.2) is 36.4 Å². The average Bonchev–Trinajstić information content (AvgIpc) is 2.38. The Labute approximate surface area is 120 Å². The van der Waals surface area contributed by atoms with E-state index in [4.69, 9.17) is 16.3 Å². The van der Waals surface area contributed by atoms with Crippen LogP contribution in [0.1, 0.15) is 6.92 Å². The predicted octanol–water partition coefficient (Wildman–Crippen LogP) is 3.79. The first-order valence-corrected chi connectivity index (χ1v) is 6.28. The lowest BCUT2D eigenvalue weighted by Gasteiger charge is -2.08. The summed E-state index contributed by atoms with van der Waals surface area (Å²) in [6, 6.07) is 9.73. The van der Waals surface area contributed by atoms with Gasteiger partial charge in [-0.25, -0.2) is 4.98 Å². The quantitative estimate of drug-likeness (QED) is 0.515. The van der Waals surface area contributed by atoms with Gasteiger partial charge in [-0.05, 0) is 19.1 Å². The number of hydrogen-bond acceptors (Lipinski definition) is 5. The van der Waals surface area contributed by atoms with Crippen molar-refractivity contribution in [2.75, 3.05) is 11.9 Å². The number of rotatable bonds is 5. The van der Waals surface area contributed by atoms with E-state index < -0.39 is 4.92 Å². The maximum absolute atomic E-state index is 10.8. The lowest BCUT2D eigenvalue weighted by molar-refractivity contribution is -0.384. The molecule has 0 aliphatic rings. The van der Waals surface area contributed by atoms with Crippen LogP contribution in [0.3, 0.4) is 0 Å². The van der Waals surface area contributed by atoms with Crippen molar-refractivity contribution in [2.45, 2.75) is 6.92 Å². The fraction of sp³-hybridized carbons (Fsp3) is 0.154. The monoisotopic (exact) mass is 293 g/mol. The molecule has 0 atom stereocenters. The topological polar surface area (TPSA) is 77.3 Å². The molecule has 104 valence electrons. The molecule has 0 aliphatic heterocycles. The van der Waals surface area contributed by atoms with Crippen LogP contribution in [-0.4, -0.2) is 16.5 Å². The molecule has 2 rings (SSSR count). The second-order valence-electron chi connectivity index (χ2n) is 3.88. The fourth-order valence-corrected chi connectivity index (χ4v) is 1.83. The summed E-state index contributed by atoms with van der Waals surface area (Å²) >= 11 is 5.76. The largest absolute Gasteiger partial charge is 0.494 e. The standard InChI is InChI=1S/C13H12ClN3O3/c1-2-20-11-5-3-4-9(6-11)15-13-8-10(17(18)19)7-12(14)16-13/h3-8H,2H2,1H3,(H,15,16). The minimum absolute atomic E-state index is 0.0580. The lowest BCUT2D eigenvalue weighted by atomic mass is 10.3. The van der Waals surface area contributed by atoms with Crippen LogP contribution in [0.5, 0.6) is 5.75 Å². The number of nitrogens with zero attached hydrogens (tertiary/aromatic N) is 2. The van der Waals surface area contributed by atoms with Gasteiger partial charge in [0.1, 0.15) is 16.7 Å². The van der Waals surface area contributed by atoms with Gasteiger partial charge in [-0.15, -0.1) is 0 Å². The van der Waals surface area contributed by atoms with Crippen molar-refractivity contribution in [3.63, 3.8) is 0 Å². The molecule has 0 saturated carbocycles. The molecule has 2 aromatic rings. The maximum atomic E-state index is 10.8. The third-order valence-corrected chi connectivity index (χ3v) is 2.60. The van der Waals surface area contributed by atoms with Gasteiger partial charge in [0.15, 0.2) is 0 Å². The summed E-state index contributed by atoms with van der Waals surface area (Å²) in [5.74, 6) is 1.01. The van der Waals surface area contributed by atoms with Crippen LogP contribution in [0, 0.1) is 10.1 Å². The molecular weight excluding hydrogens is 282 g/mol. The molecule has 0 bridgehead atoms. The summed E-state index contributed by atoms with van der Waals surface area (Å²) in [4.78, 5) is 14.2. The SMILES string of the molecule is CCOc1cccc(Nc2cc([N+](=O)[O-])cc(Cl)n2)c1. The summed E-state index contributed by atoms with van der Waals surface area (Å²) in [5, 5.41) is 13.8. The predicted molar refractivity (Wildman–Crippen MR) is 76.8 cm³/mol. The average molecular weight is 294 g/mol. The van der Waals surface area contributed by atoms with E-state index in [0.717, 1.165) is 0 Å². The van der Waals surface area contributed by atoms with Crippen molar-refractivity contribution < 1.29 is 9.66 Å². The number of pyridine rings is 1. The molecule has 0 fully saturated rings. The zero-order valence-corrected chi connectivity index (χ0v) is 11.4. The number of ether oxygens (including phenoxy) is 1. The summed E-state index contributed by atoms with van der Waals surface area (Å²) in [6.45, 7) is 2.45. The number of anilines is 2. The molecule has 0 saturated heterocycles. The van der Waals surface area contributed by atoms with Crippen molar-refractivity contribution in [3.05, 3.63) is 51.7 Å². The van der Waals surface area contributed by atoms with Crippen LogP contribution in [0.25, 0.3) is 0 Å². The normalized spacial score (nSPS) is 10.1. The first kappa shape index (κ1) is 14.1. The zero-order chi connectivity index (χ0) is 14.5. The van der Waals surface area contributed by atoms with Gasteiger partial charge in [0.05, 0.1) is 23.7 Å². The van der Waals surface area contributed by atoms with Crippen LogP contribution >= 0.6 is 11.6 Å². The van der Waals surface area contributed by atoms with Gasteiger partial charge >= 0.3 is 0 Å². The highest BCUT2D eigenvalue weighted by molar-refractivity contribution is 6.29. The molecule has 6 nitrogen and oxygen atoms in total. The minimum Gasteiger partial charge on any atom is -0.494 e. The number of hydrogen-bond donors (Lipinski definition) is 1. The molecule has 0 unspecified atom stereocenters. The van der Waals surface area contributed by atoms with E-state index in [0.29, 0.717) is 23.9 Å². The molecule has 1 heterocycles. The summed E-state index contributed by atoms with van der Waals surface area (Å²) < 4.78 is 5.38. The minimum atomic E-state index is -0.518. The molecule has 7 heteroatoms. The van der Waals surface area contributed by atoms with Crippen LogP contribution in [0.2, 0.25) is 5.15 Å². The Bertz CT molecular complexity index is 634. The van der Waals surface area contributed by atoms with E-state index >= 15 is 0 Å². The van der Waals surface area contributed by atoms with Crippen LogP contribution < -0.4 is 10.1 Å². The van der Waals surface area contributed by atoms with E-state index in [1.165, 1.54) is 12.1 Å². The van der Waals surface area contributed by atoms with Gasteiger partial charge in [0.25, 0.3) is 5.69 Å². The van der Waals surface area contributed by atoms with Crippen LogP contribution in [-0.2, 0) is 0 Å². The van der Waals surface area contributed by atoms with Gasteiger partial charge in [-0.2, -0.15) is 0 Å². The summed E-state index contributed by atoms with van der Waals surface area (Å²) in [6.07, 6.45) is 0. The third-order valence-electron chi connectivity index (χ3n) is 2.41. The van der Waals surface area contributed by atoms with Gasteiger partial charge in [0, 0.05) is 11.8 Å². The molecule has 0 radical (unpaired) electrons. The van der Waals surface area contributed by atoms with Crippen molar-refractivity contribution in [1.29, 1.82) is 0 Å². The molecule has 1 aromatic carbocycles. The molecular formula is C13H12ClN3O3. The van der Waals surface area contributed by atoms with Crippen molar-refractivity contribution in [1.82, 2.24) is 4.98 Å². The number of halogens is 1. The highest BCUT2D eigenvalue weighted by Crippen LogP contribution is 2.25. The fourth-order valence-electron chi connectivity index (χ4n) is 1.63. The Balaban J connectivity index is 2.25. The second kappa shape index (κ2) is 6.21. The number of benzene rings is 1. The first-order chi connectivity index (χ1) is 9.58. The van der Waals surface area contributed by atoms with Crippen molar-refractivity contribution >= 4 is 28.8 Å². The number of nitrogens with one attached hydrogen (secondary N) is 1. The van der Waals surface area contributed by atoms with Gasteiger partial charge in [-0.3, -0.25) is 10.1 Å². The van der Waals surface area contributed by atoms with E-state index in [1.54, 1.807) is 12.1 Å². The van der Waals surface area contributed by atoms with E-state index in [2.05, 4.69) is 10.3 Å². The zero-order valence-electron chi connectivity index (χ0n) is 10.7. The lowest BCUT2D eigenvalue weighted by Crippen LogP contribution is -1.97. The van der Waals surface area contributed by atoms with E-state index in [-0.39, 0.29) is 10.8 Å². The Morgan fingerprint density at radius 2 is 2.20 bits per heavy atom. The molecule has 0 spiro atoms. The second-order valence-corrected chi connectivity index (χ2v) is 4.26. The highest BCUT2D eigenvalue weighted by atomic mass is 35.5. The first-order valence-electron chi connectivity index (χ1n) is 5.90. The Hall–Kier alpha value is -2.34. The van der Waals surface area contributed by atoms with Crippen molar-refractivity contribution in [2.24, 2.45) is 0 Å².